The van der Waals surface area contributed by atoms with Crippen molar-refractivity contribution >= 4 is 40.9 Å². The summed E-state index contributed by atoms with van der Waals surface area (Å²) in [6, 6.07) is 0. The SMILES string of the molecule is CC(C)=O.CCCC(=O)CC(C)=O.CCOC(=O)CC(C)=O.COC(=O)CC(C)=O. The molecule has 9 nitrogen and oxygen atoms in total. The maximum atomic E-state index is 10.6. The number of carbonyl (C=O) groups excluding carboxylic acids is 7. The summed E-state index contributed by atoms with van der Waals surface area (Å²) in [5, 5.41) is 0. The molecule has 0 saturated carbocycles. The van der Waals surface area contributed by atoms with Gasteiger partial charge in [0.15, 0.2) is 0 Å². The highest BCUT2D eigenvalue weighted by Crippen LogP contribution is 1.93. The predicted octanol–water partition coefficient (Wildman–Crippen LogP) is 2.60. The Morgan fingerprint density at radius 1 is 0.633 bits per heavy atom. The number of Topliss-reactive ketones (excluding diaryl/α,β-unsaturated/α-hetero) is 5. The molecule has 0 atom stereocenters. The molecule has 0 rings (SSSR count). The van der Waals surface area contributed by atoms with Crippen LogP contribution in [0, 0.1) is 0 Å². The number of rotatable bonds is 9. The van der Waals surface area contributed by atoms with Crippen molar-refractivity contribution in [1.82, 2.24) is 0 Å². The van der Waals surface area contributed by atoms with Crippen LogP contribution in [0.25, 0.3) is 0 Å². The van der Waals surface area contributed by atoms with Crippen LogP contribution in [0.15, 0.2) is 0 Å². The van der Waals surface area contributed by atoms with Crippen LogP contribution in [0.3, 0.4) is 0 Å². The highest BCUT2D eigenvalue weighted by Gasteiger charge is 2.03. The second kappa shape index (κ2) is 24.3. The zero-order valence-electron chi connectivity index (χ0n) is 19.4. The number of hydrogen-bond donors (Lipinski definition) is 0. The topological polar surface area (TPSA) is 138 Å². The van der Waals surface area contributed by atoms with E-state index < -0.39 is 11.9 Å². The first kappa shape index (κ1) is 34.8. The van der Waals surface area contributed by atoms with E-state index in [2.05, 4.69) is 9.47 Å². The Balaban J connectivity index is -0.000000155. The summed E-state index contributed by atoms with van der Waals surface area (Å²) >= 11 is 0. The molecule has 0 aliphatic rings. The highest BCUT2D eigenvalue weighted by molar-refractivity contribution is 5.97. The van der Waals surface area contributed by atoms with Gasteiger partial charge in [0, 0.05) is 6.42 Å². The number of ether oxygens (including phenoxy) is 2. The minimum atomic E-state index is -0.475. The molecule has 0 aromatic heterocycles. The van der Waals surface area contributed by atoms with Gasteiger partial charge >= 0.3 is 11.9 Å². The first-order valence-electron chi connectivity index (χ1n) is 9.42. The van der Waals surface area contributed by atoms with Gasteiger partial charge < -0.3 is 14.3 Å². The van der Waals surface area contributed by atoms with Crippen molar-refractivity contribution in [3.63, 3.8) is 0 Å². The third kappa shape index (κ3) is 49.9. The van der Waals surface area contributed by atoms with Gasteiger partial charge in [-0.05, 0) is 48.0 Å². The standard InChI is InChI=1S/C7H12O2.C6H10O3.C5H8O3.C3H6O/c1-3-4-7(9)5-6(2)8;1-3-9-6(8)4-5(2)7;1-4(6)3-5(7)8-2;1-3(2)4/h3-5H2,1-2H3;3-4H2,1-2H3;3H2,1-2H3;1-2H3. The molecule has 0 aromatic rings. The van der Waals surface area contributed by atoms with Crippen LogP contribution in [0.5, 0.6) is 0 Å². The molecule has 9 heteroatoms. The Morgan fingerprint density at radius 3 is 1.23 bits per heavy atom. The number of carbonyl (C=O) groups is 7. The molecule has 30 heavy (non-hydrogen) atoms. The summed E-state index contributed by atoms with van der Waals surface area (Å²) in [6.45, 7) is 11.2. The molecule has 0 aromatic carbocycles. The summed E-state index contributed by atoms with van der Waals surface area (Å²) in [5.41, 5.74) is 0. The zero-order chi connectivity index (χ0) is 24.7. The Morgan fingerprint density at radius 2 is 1.00 bits per heavy atom. The van der Waals surface area contributed by atoms with Gasteiger partial charge in [-0.1, -0.05) is 6.92 Å². The van der Waals surface area contributed by atoms with E-state index in [1.165, 1.54) is 41.7 Å². The van der Waals surface area contributed by atoms with E-state index in [-0.39, 0.29) is 48.2 Å². The quantitative estimate of drug-likeness (QED) is 0.397. The number of ketones is 5. The van der Waals surface area contributed by atoms with E-state index >= 15 is 0 Å². The summed E-state index contributed by atoms with van der Waals surface area (Å²) in [4.78, 5) is 71.3. The first-order valence-corrected chi connectivity index (χ1v) is 9.42. The van der Waals surface area contributed by atoms with Gasteiger partial charge in [-0.25, -0.2) is 0 Å². The Bertz CT molecular complexity index is 529. The molecular formula is C21H36O9. The van der Waals surface area contributed by atoms with Crippen molar-refractivity contribution in [2.24, 2.45) is 0 Å². The summed E-state index contributed by atoms with van der Waals surface area (Å²) in [7, 11) is 1.26. The largest absolute Gasteiger partial charge is 0.469 e. The number of esters is 2. The van der Waals surface area contributed by atoms with E-state index in [4.69, 9.17) is 0 Å². The van der Waals surface area contributed by atoms with Crippen molar-refractivity contribution in [3.05, 3.63) is 0 Å². The van der Waals surface area contributed by atoms with E-state index in [0.29, 0.717) is 13.0 Å². The molecule has 174 valence electrons. The number of hydrogen-bond acceptors (Lipinski definition) is 9. The molecule has 0 spiro atoms. The van der Waals surface area contributed by atoms with Crippen LogP contribution in [0.4, 0.5) is 0 Å². The Kier molecular flexibility index (Phi) is 28.2. The Hall–Kier alpha value is -2.71. The second-order valence-electron chi connectivity index (χ2n) is 6.21. The maximum absolute atomic E-state index is 10.6. The smallest absolute Gasteiger partial charge is 0.313 e. The Labute approximate surface area is 178 Å². The van der Waals surface area contributed by atoms with Gasteiger partial charge in [0.1, 0.15) is 41.8 Å². The predicted molar refractivity (Wildman–Crippen MR) is 111 cm³/mol. The third-order valence-corrected chi connectivity index (χ3v) is 2.29. The third-order valence-electron chi connectivity index (χ3n) is 2.29. The molecule has 0 aliphatic carbocycles. The monoisotopic (exact) mass is 432 g/mol. The summed E-state index contributed by atoms with van der Waals surface area (Å²) in [6.07, 6.45) is 1.28. The van der Waals surface area contributed by atoms with E-state index in [1.54, 1.807) is 6.92 Å². The lowest BCUT2D eigenvalue weighted by Crippen LogP contribution is -2.07. The van der Waals surface area contributed by atoms with Crippen molar-refractivity contribution in [1.29, 1.82) is 0 Å². The van der Waals surface area contributed by atoms with Crippen LogP contribution in [-0.2, 0) is 43.0 Å². The maximum Gasteiger partial charge on any atom is 0.313 e. The van der Waals surface area contributed by atoms with Crippen LogP contribution in [0.1, 0.15) is 80.6 Å². The summed E-state index contributed by atoms with van der Waals surface area (Å²) < 4.78 is 8.69. The minimum Gasteiger partial charge on any atom is -0.469 e. The highest BCUT2D eigenvalue weighted by atomic mass is 16.5. The van der Waals surface area contributed by atoms with Crippen molar-refractivity contribution in [3.8, 4) is 0 Å². The zero-order valence-corrected chi connectivity index (χ0v) is 19.4. The average Bonchev–Trinajstić information content (AvgIpc) is 2.53. The van der Waals surface area contributed by atoms with Crippen LogP contribution in [0.2, 0.25) is 0 Å². The van der Waals surface area contributed by atoms with Gasteiger partial charge in [-0.2, -0.15) is 0 Å². The lowest BCUT2D eigenvalue weighted by molar-refractivity contribution is -0.146. The molecule has 0 amide bonds. The second-order valence-corrected chi connectivity index (χ2v) is 6.21. The fraction of sp³-hybridized carbons (Fsp3) is 0.667. The normalized spacial score (nSPS) is 8.40. The fourth-order valence-electron chi connectivity index (χ4n) is 1.34. The first-order chi connectivity index (χ1) is 13.7. The van der Waals surface area contributed by atoms with Crippen molar-refractivity contribution in [2.75, 3.05) is 13.7 Å². The van der Waals surface area contributed by atoms with E-state index in [9.17, 15) is 33.6 Å². The summed E-state index contributed by atoms with van der Waals surface area (Å²) in [5.74, 6) is -1.05. The molecule has 0 N–H and O–H groups in total. The molecule has 0 unspecified atom stereocenters. The lowest BCUT2D eigenvalue weighted by atomic mass is 10.1. The minimum absolute atomic E-state index is 0.0338. The van der Waals surface area contributed by atoms with Crippen LogP contribution in [-0.4, -0.2) is 54.6 Å². The molecular weight excluding hydrogens is 396 g/mol. The van der Waals surface area contributed by atoms with Gasteiger partial charge in [-0.15, -0.1) is 0 Å². The van der Waals surface area contributed by atoms with Crippen molar-refractivity contribution in [2.45, 2.75) is 80.6 Å². The van der Waals surface area contributed by atoms with E-state index in [1.807, 2.05) is 6.92 Å². The number of methoxy groups -OCH3 is 1. The molecule has 0 saturated heterocycles. The van der Waals surface area contributed by atoms with Gasteiger partial charge in [0.2, 0.25) is 0 Å². The molecule has 0 radical (unpaired) electrons. The van der Waals surface area contributed by atoms with Gasteiger partial charge in [0.05, 0.1) is 20.1 Å². The van der Waals surface area contributed by atoms with Crippen LogP contribution >= 0.6 is 0 Å². The average molecular weight is 433 g/mol. The fourth-order valence-corrected chi connectivity index (χ4v) is 1.34. The van der Waals surface area contributed by atoms with Crippen LogP contribution < -0.4 is 0 Å². The molecule has 0 bridgehead atoms. The molecule has 0 fully saturated rings. The molecule has 0 aliphatic heterocycles. The molecule has 0 heterocycles. The van der Waals surface area contributed by atoms with E-state index in [0.717, 1.165) is 6.42 Å². The van der Waals surface area contributed by atoms with Gasteiger partial charge in [0.25, 0.3) is 0 Å². The van der Waals surface area contributed by atoms with Crippen molar-refractivity contribution < 1.29 is 43.0 Å². The lowest BCUT2D eigenvalue weighted by Gasteiger charge is -1.96. The van der Waals surface area contributed by atoms with Gasteiger partial charge in [-0.3, -0.25) is 28.8 Å².